The van der Waals surface area contributed by atoms with Crippen molar-refractivity contribution in [1.29, 1.82) is 0 Å². The summed E-state index contributed by atoms with van der Waals surface area (Å²) >= 11 is 3.74. The molecule has 2 aliphatic rings. The Labute approximate surface area is 161 Å². The second-order valence-electron chi connectivity index (χ2n) is 7.17. The van der Waals surface area contributed by atoms with Crippen LogP contribution in [-0.2, 0) is 0 Å². The van der Waals surface area contributed by atoms with Gasteiger partial charge in [0.15, 0.2) is 0 Å². The number of hydrogen-bond acceptors (Lipinski definition) is 2. The van der Waals surface area contributed by atoms with Crippen LogP contribution in [0.4, 0.5) is 0 Å². The molecule has 2 heterocycles. The Balaban J connectivity index is 1.78. The molecule has 0 aliphatic heterocycles. The van der Waals surface area contributed by atoms with Gasteiger partial charge in [0.05, 0.1) is 0 Å². The Kier molecular flexibility index (Phi) is 2.87. The molecule has 0 saturated heterocycles. The fraction of sp³-hybridized carbons (Fsp3) is 0.0833. The summed E-state index contributed by atoms with van der Waals surface area (Å²) in [5.41, 5.74) is 13.9. The minimum Gasteiger partial charge on any atom is -0.143 e. The van der Waals surface area contributed by atoms with Crippen molar-refractivity contribution in [2.24, 2.45) is 0 Å². The van der Waals surface area contributed by atoms with Crippen molar-refractivity contribution >= 4 is 33.8 Å². The minimum absolute atomic E-state index is 1.33. The lowest BCUT2D eigenvalue weighted by Crippen LogP contribution is -1.89. The quantitative estimate of drug-likeness (QED) is 0.262. The maximum Gasteiger partial charge on any atom is 0.0434 e. The molecule has 0 atom stereocenters. The van der Waals surface area contributed by atoms with E-state index in [4.69, 9.17) is 0 Å². The van der Waals surface area contributed by atoms with Crippen LogP contribution in [0.3, 0.4) is 0 Å². The standard InChI is InChI=1S/C24H16S2/c1-13-3-5-15-19(11-13)17-7-9-25-23(17)21(15)22-16-6-4-14(2)12-20(16)18-8-10-26-24(18)22/h3-12H,1-2H3/b22-21+. The summed E-state index contributed by atoms with van der Waals surface area (Å²) in [5, 5.41) is 4.47. The highest BCUT2D eigenvalue weighted by molar-refractivity contribution is 7.13. The first-order chi connectivity index (χ1) is 12.7. The molecular weight excluding hydrogens is 352 g/mol. The largest absolute Gasteiger partial charge is 0.143 e. The van der Waals surface area contributed by atoms with Gasteiger partial charge in [0.2, 0.25) is 0 Å². The normalized spacial score (nSPS) is 16.4. The summed E-state index contributed by atoms with van der Waals surface area (Å²) in [7, 11) is 0. The van der Waals surface area contributed by atoms with Gasteiger partial charge in [-0.25, -0.2) is 0 Å². The number of fused-ring (bicyclic) bond motifs is 6. The van der Waals surface area contributed by atoms with Crippen LogP contribution in [0.25, 0.3) is 33.4 Å². The van der Waals surface area contributed by atoms with Gasteiger partial charge < -0.3 is 0 Å². The van der Waals surface area contributed by atoms with Crippen LogP contribution >= 0.6 is 22.7 Å². The lowest BCUT2D eigenvalue weighted by atomic mass is 9.95. The number of thiophene rings is 2. The molecule has 2 heteroatoms. The second-order valence-corrected chi connectivity index (χ2v) is 9.01. The zero-order chi connectivity index (χ0) is 17.4. The smallest absolute Gasteiger partial charge is 0.0434 e. The number of aryl methyl sites for hydroxylation is 2. The molecule has 0 nitrogen and oxygen atoms in total. The zero-order valence-electron chi connectivity index (χ0n) is 14.6. The fourth-order valence-corrected chi connectivity index (χ4v) is 6.32. The van der Waals surface area contributed by atoms with E-state index < -0.39 is 0 Å². The zero-order valence-corrected chi connectivity index (χ0v) is 16.2. The molecule has 2 aromatic carbocycles. The predicted octanol–water partition coefficient (Wildman–Crippen LogP) is 7.39. The lowest BCUT2D eigenvalue weighted by molar-refractivity contribution is 1.46. The molecule has 0 unspecified atom stereocenters. The van der Waals surface area contributed by atoms with Crippen molar-refractivity contribution in [3.05, 3.63) is 91.3 Å². The first kappa shape index (κ1) is 14.7. The number of rotatable bonds is 0. The van der Waals surface area contributed by atoms with Gasteiger partial charge in [-0.15, -0.1) is 22.7 Å². The molecule has 124 valence electrons. The number of hydrogen-bond donors (Lipinski definition) is 0. The summed E-state index contributed by atoms with van der Waals surface area (Å²) in [6.07, 6.45) is 0. The monoisotopic (exact) mass is 368 g/mol. The topological polar surface area (TPSA) is 0 Å². The first-order valence-electron chi connectivity index (χ1n) is 8.85. The molecule has 0 N–H and O–H groups in total. The molecule has 0 bridgehead atoms. The third kappa shape index (κ3) is 1.78. The molecule has 4 aromatic rings. The second kappa shape index (κ2) is 5.06. The molecule has 0 fully saturated rings. The van der Waals surface area contributed by atoms with Crippen molar-refractivity contribution in [3.63, 3.8) is 0 Å². The van der Waals surface area contributed by atoms with E-state index in [1.54, 1.807) is 0 Å². The van der Waals surface area contributed by atoms with E-state index in [9.17, 15) is 0 Å². The predicted molar refractivity (Wildman–Crippen MR) is 114 cm³/mol. The Morgan fingerprint density at radius 2 is 0.962 bits per heavy atom. The molecule has 26 heavy (non-hydrogen) atoms. The van der Waals surface area contributed by atoms with Gasteiger partial charge in [0.1, 0.15) is 0 Å². The molecule has 0 amide bonds. The highest BCUT2D eigenvalue weighted by atomic mass is 32.1. The highest BCUT2D eigenvalue weighted by Gasteiger charge is 2.33. The Morgan fingerprint density at radius 1 is 0.500 bits per heavy atom. The van der Waals surface area contributed by atoms with Crippen molar-refractivity contribution in [3.8, 4) is 22.3 Å². The maximum absolute atomic E-state index is 2.34. The van der Waals surface area contributed by atoms with Crippen LogP contribution in [0, 0.1) is 13.8 Å². The van der Waals surface area contributed by atoms with Crippen LogP contribution in [0.1, 0.15) is 32.0 Å². The highest BCUT2D eigenvalue weighted by Crippen LogP contribution is 2.56. The Hall–Kier alpha value is -2.42. The Morgan fingerprint density at radius 3 is 1.42 bits per heavy atom. The summed E-state index contributed by atoms with van der Waals surface area (Å²) in [5.74, 6) is 0. The van der Waals surface area contributed by atoms with Crippen LogP contribution in [0.2, 0.25) is 0 Å². The average molecular weight is 369 g/mol. The van der Waals surface area contributed by atoms with E-state index in [1.807, 2.05) is 22.7 Å². The Bertz CT molecular complexity index is 1150. The third-order valence-electron chi connectivity index (χ3n) is 5.50. The van der Waals surface area contributed by atoms with Gasteiger partial charge in [-0.05, 0) is 59.0 Å². The van der Waals surface area contributed by atoms with Crippen LogP contribution in [0.15, 0.2) is 59.3 Å². The molecule has 6 rings (SSSR count). The molecule has 2 aromatic heterocycles. The van der Waals surface area contributed by atoms with E-state index in [1.165, 1.54) is 65.4 Å². The average Bonchev–Trinajstić information content (AvgIpc) is 3.36. The molecule has 2 aliphatic carbocycles. The molecule has 0 spiro atoms. The van der Waals surface area contributed by atoms with Crippen LogP contribution in [0.5, 0.6) is 0 Å². The summed E-state index contributed by atoms with van der Waals surface area (Å²) in [6.45, 7) is 4.37. The van der Waals surface area contributed by atoms with Crippen LogP contribution in [-0.4, -0.2) is 0 Å². The first-order valence-corrected chi connectivity index (χ1v) is 10.6. The van der Waals surface area contributed by atoms with Gasteiger partial charge in [-0.3, -0.25) is 0 Å². The van der Waals surface area contributed by atoms with Crippen molar-refractivity contribution in [2.45, 2.75) is 13.8 Å². The van der Waals surface area contributed by atoms with Crippen molar-refractivity contribution in [1.82, 2.24) is 0 Å². The summed E-state index contributed by atoms with van der Waals surface area (Å²) in [4.78, 5) is 2.85. The van der Waals surface area contributed by atoms with Crippen LogP contribution < -0.4 is 0 Å². The van der Waals surface area contributed by atoms with Gasteiger partial charge >= 0.3 is 0 Å². The third-order valence-corrected chi connectivity index (χ3v) is 7.37. The van der Waals surface area contributed by atoms with E-state index >= 15 is 0 Å². The minimum atomic E-state index is 1.33. The molecular formula is C24H16S2. The van der Waals surface area contributed by atoms with Gasteiger partial charge in [0, 0.05) is 32.0 Å². The summed E-state index contributed by atoms with van der Waals surface area (Å²) in [6, 6.07) is 18.4. The maximum atomic E-state index is 2.34. The van der Waals surface area contributed by atoms with E-state index in [-0.39, 0.29) is 0 Å². The lowest BCUT2D eigenvalue weighted by Gasteiger charge is -2.10. The van der Waals surface area contributed by atoms with E-state index in [2.05, 4.69) is 73.1 Å². The van der Waals surface area contributed by atoms with Crippen molar-refractivity contribution < 1.29 is 0 Å². The molecule has 0 radical (unpaired) electrons. The number of benzene rings is 2. The SMILES string of the molecule is Cc1ccc2c(c1)-c1ccsc1/C2=C1\c2ccc(C)cc2-c2ccsc21. The fourth-order valence-electron chi connectivity index (χ4n) is 4.37. The molecule has 0 saturated carbocycles. The summed E-state index contributed by atoms with van der Waals surface area (Å²) < 4.78 is 0. The van der Waals surface area contributed by atoms with Gasteiger partial charge in [-0.1, -0.05) is 47.5 Å². The van der Waals surface area contributed by atoms with Gasteiger partial charge in [0.25, 0.3) is 0 Å². The van der Waals surface area contributed by atoms with Crippen molar-refractivity contribution in [2.75, 3.05) is 0 Å². The van der Waals surface area contributed by atoms with E-state index in [0.717, 1.165) is 0 Å². The van der Waals surface area contributed by atoms with E-state index in [0.29, 0.717) is 0 Å². The van der Waals surface area contributed by atoms with Gasteiger partial charge in [-0.2, -0.15) is 0 Å².